The highest BCUT2D eigenvalue weighted by Crippen LogP contribution is 2.33. The van der Waals surface area contributed by atoms with Crippen LogP contribution in [0.5, 0.6) is 0 Å². The lowest BCUT2D eigenvalue weighted by molar-refractivity contribution is 0.0710. The third-order valence-electron chi connectivity index (χ3n) is 4.36. The van der Waals surface area contributed by atoms with Gasteiger partial charge in [0.15, 0.2) is 0 Å². The van der Waals surface area contributed by atoms with E-state index in [1.807, 2.05) is 30.3 Å². The summed E-state index contributed by atoms with van der Waals surface area (Å²) < 4.78 is 18.5. The number of likely N-dealkylation sites (tertiary alicyclic amines) is 1. The van der Waals surface area contributed by atoms with E-state index in [2.05, 4.69) is 10.1 Å². The van der Waals surface area contributed by atoms with E-state index in [0.29, 0.717) is 23.8 Å². The van der Waals surface area contributed by atoms with Crippen molar-refractivity contribution in [2.24, 2.45) is 0 Å². The third kappa shape index (κ3) is 3.03. The predicted molar refractivity (Wildman–Crippen MR) is 89.1 cm³/mol. The van der Waals surface area contributed by atoms with Crippen LogP contribution in [0, 0.1) is 5.82 Å². The highest BCUT2D eigenvalue weighted by molar-refractivity contribution is 5.94. The first-order chi connectivity index (χ1) is 12.2. The van der Waals surface area contributed by atoms with Gasteiger partial charge in [-0.2, -0.15) is 4.98 Å². The topological polar surface area (TPSA) is 59.2 Å². The van der Waals surface area contributed by atoms with E-state index in [-0.39, 0.29) is 17.8 Å². The molecule has 0 bridgehead atoms. The van der Waals surface area contributed by atoms with Gasteiger partial charge in [0.25, 0.3) is 5.91 Å². The van der Waals surface area contributed by atoms with E-state index in [0.717, 1.165) is 18.4 Å². The number of aromatic nitrogens is 2. The molecule has 2 aromatic carbocycles. The Bertz CT molecular complexity index is 877. The van der Waals surface area contributed by atoms with Crippen molar-refractivity contribution < 1.29 is 13.7 Å². The van der Waals surface area contributed by atoms with Gasteiger partial charge < -0.3 is 9.42 Å². The lowest BCUT2D eigenvalue weighted by Crippen LogP contribution is -2.30. The van der Waals surface area contributed by atoms with Gasteiger partial charge in [-0.1, -0.05) is 35.5 Å². The maximum Gasteiger partial charge on any atom is 0.254 e. The van der Waals surface area contributed by atoms with E-state index in [4.69, 9.17) is 4.52 Å². The fraction of sp³-hybridized carbons (Fsp3) is 0.211. The van der Waals surface area contributed by atoms with Crippen molar-refractivity contribution in [3.63, 3.8) is 0 Å². The molecule has 1 fully saturated rings. The SMILES string of the molecule is O=C(c1ccc(F)cc1)N1CCC[C@@H]1c1nc(-c2ccccc2)no1. The number of amides is 1. The third-order valence-corrected chi connectivity index (χ3v) is 4.36. The van der Waals surface area contributed by atoms with E-state index >= 15 is 0 Å². The summed E-state index contributed by atoms with van der Waals surface area (Å²) in [6.07, 6.45) is 1.63. The van der Waals surface area contributed by atoms with Crippen molar-refractivity contribution in [3.8, 4) is 11.4 Å². The van der Waals surface area contributed by atoms with Crippen LogP contribution in [0.2, 0.25) is 0 Å². The predicted octanol–water partition coefficient (Wildman–Crippen LogP) is 3.85. The van der Waals surface area contributed by atoms with Gasteiger partial charge in [-0.3, -0.25) is 4.79 Å². The van der Waals surface area contributed by atoms with Gasteiger partial charge in [-0.15, -0.1) is 0 Å². The molecule has 0 spiro atoms. The minimum Gasteiger partial charge on any atom is -0.337 e. The second-order valence-corrected chi connectivity index (χ2v) is 5.99. The normalized spacial score (nSPS) is 17.0. The quantitative estimate of drug-likeness (QED) is 0.728. The number of carbonyl (C=O) groups excluding carboxylic acids is 1. The van der Waals surface area contributed by atoms with Crippen molar-refractivity contribution >= 4 is 5.91 Å². The number of hydrogen-bond acceptors (Lipinski definition) is 4. The summed E-state index contributed by atoms with van der Waals surface area (Å²) in [5.74, 6) is 0.435. The Kier molecular flexibility index (Phi) is 4.01. The van der Waals surface area contributed by atoms with E-state index in [1.54, 1.807) is 4.90 Å². The van der Waals surface area contributed by atoms with Crippen molar-refractivity contribution in [3.05, 3.63) is 71.9 Å². The molecule has 1 aliphatic rings. The summed E-state index contributed by atoms with van der Waals surface area (Å²) in [5, 5.41) is 4.04. The van der Waals surface area contributed by atoms with Crippen LogP contribution in [0.25, 0.3) is 11.4 Å². The van der Waals surface area contributed by atoms with Crippen LogP contribution in [0.4, 0.5) is 4.39 Å². The second kappa shape index (κ2) is 6.47. The van der Waals surface area contributed by atoms with E-state index in [1.165, 1.54) is 24.3 Å². The molecule has 0 radical (unpaired) electrons. The Morgan fingerprint density at radius 3 is 2.64 bits per heavy atom. The molecule has 0 aliphatic carbocycles. The number of halogens is 1. The molecule has 126 valence electrons. The molecule has 0 unspecified atom stereocenters. The largest absolute Gasteiger partial charge is 0.337 e. The average Bonchev–Trinajstić information content (AvgIpc) is 3.32. The van der Waals surface area contributed by atoms with Gasteiger partial charge in [0.1, 0.15) is 11.9 Å². The Hall–Kier alpha value is -3.02. The summed E-state index contributed by atoms with van der Waals surface area (Å²) in [6, 6.07) is 14.9. The molecule has 1 aromatic heterocycles. The van der Waals surface area contributed by atoms with Gasteiger partial charge in [0.05, 0.1) is 0 Å². The molecule has 1 atom stereocenters. The smallest absolute Gasteiger partial charge is 0.254 e. The molecule has 3 aromatic rings. The van der Waals surface area contributed by atoms with Crippen LogP contribution < -0.4 is 0 Å². The Labute approximate surface area is 144 Å². The molecule has 4 rings (SSSR count). The first-order valence-corrected chi connectivity index (χ1v) is 8.18. The number of benzene rings is 2. The highest BCUT2D eigenvalue weighted by atomic mass is 19.1. The average molecular weight is 337 g/mol. The van der Waals surface area contributed by atoms with Crippen LogP contribution in [0.1, 0.15) is 35.1 Å². The zero-order valence-electron chi connectivity index (χ0n) is 13.4. The van der Waals surface area contributed by atoms with Crippen molar-refractivity contribution in [2.45, 2.75) is 18.9 Å². The number of rotatable bonds is 3. The molecule has 0 N–H and O–H groups in total. The maximum atomic E-state index is 13.1. The summed E-state index contributed by atoms with van der Waals surface area (Å²) in [7, 11) is 0. The summed E-state index contributed by atoms with van der Waals surface area (Å²) in [4.78, 5) is 18.9. The summed E-state index contributed by atoms with van der Waals surface area (Å²) in [5.41, 5.74) is 1.32. The fourth-order valence-electron chi connectivity index (χ4n) is 3.10. The van der Waals surface area contributed by atoms with E-state index in [9.17, 15) is 9.18 Å². The van der Waals surface area contributed by atoms with Gasteiger partial charge in [-0.25, -0.2) is 4.39 Å². The minimum absolute atomic E-state index is 0.151. The van der Waals surface area contributed by atoms with Gasteiger partial charge >= 0.3 is 0 Å². The minimum atomic E-state index is -0.362. The molecular formula is C19H16FN3O2. The summed E-state index contributed by atoms with van der Waals surface area (Å²) >= 11 is 0. The number of nitrogens with zero attached hydrogens (tertiary/aromatic N) is 3. The van der Waals surface area contributed by atoms with Crippen LogP contribution in [-0.4, -0.2) is 27.5 Å². The van der Waals surface area contributed by atoms with Crippen molar-refractivity contribution in [1.82, 2.24) is 15.0 Å². The van der Waals surface area contributed by atoms with Crippen molar-refractivity contribution in [1.29, 1.82) is 0 Å². The standard InChI is InChI=1S/C19H16FN3O2/c20-15-10-8-14(9-11-15)19(24)23-12-4-7-16(23)18-21-17(22-25-18)13-5-2-1-3-6-13/h1-3,5-6,8-11,16H,4,7,12H2/t16-/m1/s1. The molecule has 1 aliphatic heterocycles. The van der Waals surface area contributed by atoms with Crippen LogP contribution in [0.3, 0.4) is 0 Å². The Morgan fingerprint density at radius 1 is 1.12 bits per heavy atom. The first-order valence-electron chi connectivity index (χ1n) is 8.18. The van der Waals surface area contributed by atoms with Gasteiger partial charge in [0.2, 0.25) is 11.7 Å². The molecule has 5 nitrogen and oxygen atoms in total. The number of carbonyl (C=O) groups is 1. The molecule has 0 saturated carbocycles. The lowest BCUT2D eigenvalue weighted by atomic mass is 10.1. The molecule has 1 amide bonds. The molecule has 2 heterocycles. The monoisotopic (exact) mass is 337 g/mol. The fourth-order valence-corrected chi connectivity index (χ4v) is 3.10. The van der Waals surface area contributed by atoms with Crippen LogP contribution >= 0.6 is 0 Å². The Balaban J connectivity index is 1.58. The maximum absolute atomic E-state index is 13.1. The van der Waals surface area contributed by atoms with Gasteiger partial charge in [0, 0.05) is 17.7 Å². The molecule has 25 heavy (non-hydrogen) atoms. The first kappa shape index (κ1) is 15.5. The zero-order valence-corrected chi connectivity index (χ0v) is 13.4. The van der Waals surface area contributed by atoms with Crippen LogP contribution in [-0.2, 0) is 0 Å². The lowest BCUT2D eigenvalue weighted by Gasteiger charge is -2.21. The highest BCUT2D eigenvalue weighted by Gasteiger charge is 2.34. The van der Waals surface area contributed by atoms with Crippen LogP contribution in [0.15, 0.2) is 59.1 Å². The van der Waals surface area contributed by atoms with Crippen molar-refractivity contribution in [2.75, 3.05) is 6.54 Å². The Morgan fingerprint density at radius 2 is 1.88 bits per heavy atom. The number of hydrogen-bond donors (Lipinski definition) is 0. The molecule has 6 heteroatoms. The molecule has 1 saturated heterocycles. The second-order valence-electron chi connectivity index (χ2n) is 5.99. The van der Waals surface area contributed by atoms with E-state index < -0.39 is 0 Å². The summed E-state index contributed by atoms with van der Waals surface area (Å²) in [6.45, 7) is 0.615. The van der Waals surface area contributed by atoms with Gasteiger partial charge in [-0.05, 0) is 37.1 Å². The zero-order chi connectivity index (χ0) is 17.2. The molecular weight excluding hydrogens is 321 g/mol.